The molecule has 0 amide bonds. The largest absolute Gasteiger partial charge is 0.0882 e. The van der Waals surface area contributed by atoms with Crippen molar-refractivity contribution in [3.8, 4) is 0 Å². The van der Waals surface area contributed by atoms with Gasteiger partial charge in [0.15, 0.2) is 0 Å². The van der Waals surface area contributed by atoms with Crippen molar-refractivity contribution in [2.45, 2.75) is 39.0 Å². The van der Waals surface area contributed by atoms with Gasteiger partial charge < -0.3 is 0 Å². The fourth-order valence-electron chi connectivity index (χ4n) is 1.50. The Balaban J connectivity index is 2.28. The van der Waals surface area contributed by atoms with Gasteiger partial charge in [0, 0.05) is 4.47 Å². The summed E-state index contributed by atoms with van der Waals surface area (Å²) in [6.45, 7) is 2.24. The summed E-state index contributed by atoms with van der Waals surface area (Å²) < 4.78 is 1.21. The van der Waals surface area contributed by atoms with Crippen molar-refractivity contribution in [3.63, 3.8) is 0 Å². The summed E-state index contributed by atoms with van der Waals surface area (Å²) in [5.41, 5.74) is 1.37. The SMILES string of the molecule is CCCCC/C=C\Cc1ccccc1Br. The van der Waals surface area contributed by atoms with Crippen LogP contribution in [0, 0.1) is 0 Å². The Morgan fingerprint density at radius 1 is 1.13 bits per heavy atom. The summed E-state index contributed by atoms with van der Waals surface area (Å²) in [5.74, 6) is 0. The highest BCUT2D eigenvalue weighted by Crippen LogP contribution is 2.16. The van der Waals surface area contributed by atoms with Crippen LogP contribution in [0.3, 0.4) is 0 Å². The van der Waals surface area contributed by atoms with Gasteiger partial charge in [0.1, 0.15) is 0 Å². The van der Waals surface area contributed by atoms with Gasteiger partial charge >= 0.3 is 0 Å². The third-order valence-corrected chi connectivity index (χ3v) is 3.21. The summed E-state index contributed by atoms with van der Waals surface area (Å²) in [4.78, 5) is 0. The van der Waals surface area contributed by atoms with Crippen molar-refractivity contribution in [1.82, 2.24) is 0 Å². The fraction of sp³-hybridized carbons (Fsp3) is 0.429. The molecular weight excluding hydrogens is 248 g/mol. The molecule has 0 aromatic heterocycles. The second kappa shape index (κ2) is 7.70. The summed E-state index contributed by atoms with van der Waals surface area (Å²) >= 11 is 3.56. The first-order chi connectivity index (χ1) is 7.34. The molecule has 0 spiro atoms. The summed E-state index contributed by atoms with van der Waals surface area (Å²) in [6, 6.07) is 8.41. The van der Waals surface area contributed by atoms with Gasteiger partial charge in [-0.25, -0.2) is 0 Å². The van der Waals surface area contributed by atoms with Crippen LogP contribution >= 0.6 is 15.9 Å². The Bertz CT molecular complexity index is 302. The molecule has 0 aliphatic heterocycles. The van der Waals surface area contributed by atoms with Gasteiger partial charge in [-0.2, -0.15) is 0 Å². The molecule has 1 rings (SSSR count). The predicted molar refractivity (Wildman–Crippen MR) is 71.1 cm³/mol. The number of rotatable bonds is 6. The molecule has 1 aromatic rings. The Kier molecular flexibility index (Phi) is 6.42. The molecule has 0 heterocycles. The minimum Gasteiger partial charge on any atom is -0.0882 e. The number of unbranched alkanes of at least 4 members (excludes halogenated alkanes) is 3. The quantitative estimate of drug-likeness (QED) is 0.495. The highest BCUT2D eigenvalue weighted by Gasteiger charge is 1.94. The zero-order valence-electron chi connectivity index (χ0n) is 9.38. The predicted octanol–water partition coefficient (Wildman–Crippen LogP) is 5.13. The van der Waals surface area contributed by atoms with Crippen molar-refractivity contribution >= 4 is 15.9 Å². The van der Waals surface area contributed by atoms with E-state index in [2.05, 4.69) is 59.3 Å². The van der Waals surface area contributed by atoms with Crippen LogP contribution in [0.4, 0.5) is 0 Å². The second-order valence-electron chi connectivity index (χ2n) is 3.76. The van der Waals surface area contributed by atoms with Gasteiger partial charge in [0.2, 0.25) is 0 Å². The van der Waals surface area contributed by atoms with E-state index in [-0.39, 0.29) is 0 Å². The molecule has 15 heavy (non-hydrogen) atoms. The zero-order valence-corrected chi connectivity index (χ0v) is 11.0. The van der Waals surface area contributed by atoms with Crippen molar-refractivity contribution in [2.24, 2.45) is 0 Å². The first kappa shape index (κ1) is 12.5. The minimum atomic E-state index is 1.04. The lowest BCUT2D eigenvalue weighted by Crippen LogP contribution is -1.82. The third-order valence-electron chi connectivity index (χ3n) is 2.44. The van der Waals surface area contributed by atoms with Gasteiger partial charge in [-0.3, -0.25) is 0 Å². The molecule has 0 N–H and O–H groups in total. The highest BCUT2D eigenvalue weighted by atomic mass is 79.9. The highest BCUT2D eigenvalue weighted by molar-refractivity contribution is 9.10. The van der Waals surface area contributed by atoms with Gasteiger partial charge in [-0.15, -0.1) is 0 Å². The van der Waals surface area contributed by atoms with Crippen LogP contribution in [0.1, 0.15) is 38.2 Å². The van der Waals surface area contributed by atoms with E-state index in [1.54, 1.807) is 0 Å². The van der Waals surface area contributed by atoms with E-state index in [4.69, 9.17) is 0 Å². The maximum absolute atomic E-state index is 3.56. The van der Waals surface area contributed by atoms with Crippen LogP contribution in [-0.4, -0.2) is 0 Å². The zero-order chi connectivity index (χ0) is 10.9. The maximum atomic E-state index is 3.56. The Labute approximate surface area is 102 Å². The van der Waals surface area contributed by atoms with Crippen molar-refractivity contribution in [2.75, 3.05) is 0 Å². The maximum Gasteiger partial charge on any atom is 0.0210 e. The van der Waals surface area contributed by atoms with E-state index < -0.39 is 0 Å². The molecule has 0 nitrogen and oxygen atoms in total. The van der Waals surface area contributed by atoms with Gasteiger partial charge in [-0.1, -0.05) is 66.0 Å². The van der Waals surface area contributed by atoms with Crippen molar-refractivity contribution in [3.05, 3.63) is 46.5 Å². The van der Waals surface area contributed by atoms with Crippen LogP contribution in [0.25, 0.3) is 0 Å². The lowest BCUT2D eigenvalue weighted by Gasteiger charge is -1.99. The molecule has 0 atom stereocenters. The minimum absolute atomic E-state index is 1.04. The van der Waals surface area contributed by atoms with Crippen LogP contribution in [0.5, 0.6) is 0 Å². The van der Waals surface area contributed by atoms with E-state index in [1.807, 2.05) is 0 Å². The van der Waals surface area contributed by atoms with E-state index in [9.17, 15) is 0 Å². The standard InChI is InChI=1S/C14H19Br/c1-2-3-4-5-6-7-10-13-11-8-9-12-14(13)15/h6-9,11-12H,2-5,10H2,1H3/b7-6-. The lowest BCUT2D eigenvalue weighted by molar-refractivity contribution is 0.728. The summed E-state index contributed by atoms with van der Waals surface area (Å²) in [5, 5.41) is 0. The van der Waals surface area contributed by atoms with E-state index in [0.717, 1.165) is 6.42 Å². The number of benzene rings is 1. The van der Waals surface area contributed by atoms with Gasteiger partial charge in [0.25, 0.3) is 0 Å². The third kappa shape index (κ3) is 5.17. The van der Waals surface area contributed by atoms with E-state index in [1.165, 1.54) is 35.7 Å². The van der Waals surface area contributed by atoms with E-state index in [0.29, 0.717) is 0 Å². The molecule has 0 saturated carbocycles. The molecule has 0 aliphatic carbocycles. The molecule has 0 radical (unpaired) electrons. The first-order valence-electron chi connectivity index (χ1n) is 5.73. The summed E-state index contributed by atoms with van der Waals surface area (Å²) in [6.07, 6.45) is 10.8. The molecule has 0 saturated heterocycles. The Hall–Kier alpha value is -0.560. The molecule has 1 aromatic carbocycles. The van der Waals surface area contributed by atoms with Gasteiger partial charge in [-0.05, 0) is 30.9 Å². The number of halogens is 1. The molecule has 82 valence electrons. The van der Waals surface area contributed by atoms with Crippen LogP contribution in [0.15, 0.2) is 40.9 Å². The summed E-state index contributed by atoms with van der Waals surface area (Å²) in [7, 11) is 0. The van der Waals surface area contributed by atoms with Crippen LogP contribution < -0.4 is 0 Å². The number of hydrogen-bond acceptors (Lipinski definition) is 0. The van der Waals surface area contributed by atoms with Gasteiger partial charge in [0.05, 0.1) is 0 Å². The van der Waals surface area contributed by atoms with Crippen molar-refractivity contribution < 1.29 is 0 Å². The molecule has 0 aliphatic rings. The molecular formula is C14H19Br. The molecule has 0 bridgehead atoms. The number of hydrogen-bond donors (Lipinski definition) is 0. The fourth-order valence-corrected chi connectivity index (χ4v) is 1.95. The van der Waals surface area contributed by atoms with Crippen molar-refractivity contribution in [1.29, 1.82) is 0 Å². The average molecular weight is 267 g/mol. The Morgan fingerprint density at radius 3 is 2.67 bits per heavy atom. The van der Waals surface area contributed by atoms with Crippen LogP contribution in [-0.2, 0) is 6.42 Å². The topological polar surface area (TPSA) is 0 Å². The smallest absolute Gasteiger partial charge is 0.0210 e. The van der Waals surface area contributed by atoms with E-state index >= 15 is 0 Å². The molecule has 1 heteroatoms. The second-order valence-corrected chi connectivity index (χ2v) is 4.62. The Morgan fingerprint density at radius 2 is 1.93 bits per heavy atom. The monoisotopic (exact) mass is 266 g/mol. The molecule has 0 fully saturated rings. The molecule has 0 unspecified atom stereocenters. The van der Waals surface area contributed by atoms with Crippen LogP contribution in [0.2, 0.25) is 0 Å². The normalized spacial score (nSPS) is 11.1. The number of allylic oxidation sites excluding steroid dienone is 2. The average Bonchev–Trinajstić information content (AvgIpc) is 2.25. The lowest BCUT2D eigenvalue weighted by atomic mass is 10.1. The first-order valence-corrected chi connectivity index (χ1v) is 6.52.